The van der Waals surface area contributed by atoms with Gasteiger partial charge in [0.25, 0.3) is 5.91 Å². The molecule has 29 heavy (non-hydrogen) atoms. The van der Waals surface area contributed by atoms with Crippen LogP contribution in [0.2, 0.25) is 0 Å². The number of nitrogens with zero attached hydrogens (tertiary/aromatic N) is 1. The standard InChI is InChI=1S/C26H26N2O/c1-17(2)20-14-9-15-21(18(3)4)25(20)28-26(29)24-13-8-7-12-23(24)22-11-6-5-10-19(22)16-27/h5-15,17-18H,1-4H3,(H,28,29). The fourth-order valence-corrected chi connectivity index (χ4v) is 3.61. The monoisotopic (exact) mass is 382 g/mol. The van der Waals surface area contributed by atoms with Crippen molar-refractivity contribution in [3.8, 4) is 17.2 Å². The molecule has 0 bridgehead atoms. The number of hydrogen-bond acceptors (Lipinski definition) is 2. The first kappa shape index (κ1) is 20.4. The van der Waals surface area contributed by atoms with Crippen LogP contribution in [0, 0.1) is 11.3 Å². The van der Waals surface area contributed by atoms with Crippen molar-refractivity contribution in [3.05, 3.63) is 89.0 Å². The SMILES string of the molecule is CC(C)c1cccc(C(C)C)c1NC(=O)c1ccccc1-c1ccccc1C#N. The molecule has 0 radical (unpaired) electrons. The number of hydrogen-bond donors (Lipinski definition) is 1. The van der Waals surface area contributed by atoms with Crippen LogP contribution in [0.5, 0.6) is 0 Å². The number of anilines is 1. The van der Waals surface area contributed by atoms with Crippen molar-refractivity contribution in [2.75, 3.05) is 5.32 Å². The molecule has 0 fully saturated rings. The molecule has 146 valence electrons. The van der Waals surface area contributed by atoms with Gasteiger partial charge < -0.3 is 5.32 Å². The minimum absolute atomic E-state index is 0.164. The first-order valence-electron chi connectivity index (χ1n) is 9.96. The van der Waals surface area contributed by atoms with E-state index in [1.54, 1.807) is 6.07 Å². The molecule has 3 aromatic rings. The fraction of sp³-hybridized carbons (Fsp3) is 0.231. The molecule has 3 rings (SSSR count). The van der Waals surface area contributed by atoms with Crippen LogP contribution in [0.15, 0.2) is 66.7 Å². The van der Waals surface area contributed by atoms with Gasteiger partial charge in [-0.25, -0.2) is 0 Å². The van der Waals surface area contributed by atoms with Gasteiger partial charge >= 0.3 is 0 Å². The van der Waals surface area contributed by atoms with Crippen LogP contribution >= 0.6 is 0 Å². The number of carbonyl (C=O) groups excluding carboxylic acids is 1. The van der Waals surface area contributed by atoms with Gasteiger partial charge in [0.15, 0.2) is 0 Å². The number of carbonyl (C=O) groups is 1. The second-order valence-electron chi connectivity index (χ2n) is 7.78. The highest BCUT2D eigenvalue weighted by Crippen LogP contribution is 2.34. The number of amides is 1. The molecular formula is C26H26N2O. The average molecular weight is 383 g/mol. The molecule has 0 unspecified atom stereocenters. The van der Waals surface area contributed by atoms with Gasteiger partial charge in [0.05, 0.1) is 11.6 Å². The molecule has 0 aliphatic heterocycles. The third kappa shape index (κ3) is 4.22. The average Bonchev–Trinajstić information content (AvgIpc) is 2.73. The highest BCUT2D eigenvalue weighted by Gasteiger charge is 2.19. The van der Waals surface area contributed by atoms with Crippen molar-refractivity contribution < 1.29 is 4.79 Å². The van der Waals surface area contributed by atoms with E-state index in [0.717, 1.165) is 27.9 Å². The van der Waals surface area contributed by atoms with Crippen molar-refractivity contribution in [2.45, 2.75) is 39.5 Å². The minimum Gasteiger partial charge on any atom is -0.321 e. The number of nitriles is 1. The zero-order valence-corrected chi connectivity index (χ0v) is 17.4. The highest BCUT2D eigenvalue weighted by atomic mass is 16.1. The summed E-state index contributed by atoms with van der Waals surface area (Å²) in [5.41, 5.74) is 5.78. The van der Waals surface area contributed by atoms with Gasteiger partial charge in [0.1, 0.15) is 0 Å². The van der Waals surface area contributed by atoms with Crippen LogP contribution in [-0.2, 0) is 0 Å². The molecule has 0 aliphatic carbocycles. The van der Waals surface area contributed by atoms with Gasteiger partial charge in [-0.2, -0.15) is 5.26 Å². The third-order valence-corrected chi connectivity index (χ3v) is 5.12. The van der Waals surface area contributed by atoms with Crippen LogP contribution < -0.4 is 5.32 Å². The predicted octanol–water partition coefficient (Wildman–Crippen LogP) is 6.72. The van der Waals surface area contributed by atoms with Gasteiger partial charge in [0, 0.05) is 16.8 Å². The summed E-state index contributed by atoms with van der Waals surface area (Å²) in [6.07, 6.45) is 0. The molecule has 3 aromatic carbocycles. The van der Waals surface area contributed by atoms with Gasteiger partial charge in [-0.05, 0) is 40.7 Å². The minimum atomic E-state index is -0.164. The predicted molar refractivity (Wildman–Crippen MR) is 119 cm³/mol. The van der Waals surface area contributed by atoms with Crippen molar-refractivity contribution in [3.63, 3.8) is 0 Å². The van der Waals surface area contributed by atoms with E-state index in [-0.39, 0.29) is 5.91 Å². The molecule has 3 heteroatoms. The van der Waals surface area contributed by atoms with E-state index >= 15 is 0 Å². The molecule has 0 saturated carbocycles. The van der Waals surface area contributed by atoms with E-state index in [2.05, 4.69) is 57.3 Å². The molecule has 0 spiro atoms. The van der Waals surface area contributed by atoms with E-state index < -0.39 is 0 Å². The Balaban J connectivity index is 2.08. The quantitative estimate of drug-likeness (QED) is 0.532. The third-order valence-electron chi connectivity index (χ3n) is 5.12. The number of nitrogens with one attached hydrogen (secondary N) is 1. The lowest BCUT2D eigenvalue weighted by Crippen LogP contribution is -2.17. The van der Waals surface area contributed by atoms with Crippen LogP contribution in [0.3, 0.4) is 0 Å². The van der Waals surface area contributed by atoms with Crippen LogP contribution in [0.25, 0.3) is 11.1 Å². The van der Waals surface area contributed by atoms with Crippen LogP contribution in [0.1, 0.15) is 66.6 Å². The lowest BCUT2D eigenvalue weighted by Gasteiger charge is -2.21. The topological polar surface area (TPSA) is 52.9 Å². The Kier molecular flexibility index (Phi) is 6.14. The van der Waals surface area contributed by atoms with Crippen molar-refractivity contribution in [2.24, 2.45) is 0 Å². The first-order chi connectivity index (χ1) is 13.9. The maximum Gasteiger partial charge on any atom is 0.256 e. The summed E-state index contributed by atoms with van der Waals surface area (Å²) in [5.74, 6) is 0.417. The largest absolute Gasteiger partial charge is 0.321 e. The maximum absolute atomic E-state index is 13.4. The van der Waals surface area contributed by atoms with Crippen LogP contribution in [-0.4, -0.2) is 5.91 Å². The zero-order valence-electron chi connectivity index (χ0n) is 17.4. The highest BCUT2D eigenvalue weighted by molar-refractivity contribution is 6.09. The second kappa shape index (κ2) is 8.75. The number of rotatable bonds is 5. The summed E-state index contributed by atoms with van der Waals surface area (Å²) in [5, 5.41) is 12.7. The Morgan fingerprint density at radius 1 is 0.793 bits per heavy atom. The van der Waals surface area contributed by atoms with E-state index in [1.165, 1.54) is 0 Å². The van der Waals surface area contributed by atoms with E-state index in [9.17, 15) is 10.1 Å². The molecular weight excluding hydrogens is 356 g/mol. The lowest BCUT2D eigenvalue weighted by molar-refractivity contribution is 0.102. The molecule has 0 aliphatic rings. The molecule has 0 atom stereocenters. The summed E-state index contributed by atoms with van der Waals surface area (Å²) in [6.45, 7) is 8.52. The Morgan fingerprint density at radius 2 is 1.34 bits per heavy atom. The van der Waals surface area contributed by atoms with Crippen LogP contribution in [0.4, 0.5) is 5.69 Å². The summed E-state index contributed by atoms with van der Waals surface area (Å²) < 4.78 is 0. The van der Waals surface area contributed by atoms with E-state index in [1.807, 2.05) is 42.5 Å². The summed E-state index contributed by atoms with van der Waals surface area (Å²) >= 11 is 0. The summed E-state index contributed by atoms with van der Waals surface area (Å²) in [6, 6.07) is 23.2. The Hall–Kier alpha value is -3.38. The number of benzene rings is 3. The number of para-hydroxylation sites is 1. The van der Waals surface area contributed by atoms with E-state index in [4.69, 9.17) is 0 Å². The molecule has 1 amide bonds. The Bertz CT molecular complexity index is 1050. The van der Waals surface area contributed by atoms with Crippen molar-refractivity contribution in [1.82, 2.24) is 0 Å². The van der Waals surface area contributed by atoms with Gasteiger partial charge in [-0.1, -0.05) is 82.3 Å². The Labute approximate surface area is 173 Å². The molecule has 0 saturated heterocycles. The Morgan fingerprint density at radius 3 is 1.93 bits per heavy atom. The first-order valence-corrected chi connectivity index (χ1v) is 9.96. The smallest absolute Gasteiger partial charge is 0.256 e. The molecule has 1 N–H and O–H groups in total. The van der Waals surface area contributed by atoms with Crippen molar-refractivity contribution in [1.29, 1.82) is 5.26 Å². The zero-order chi connectivity index (χ0) is 21.0. The fourth-order valence-electron chi connectivity index (χ4n) is 3.61. The van der Waals surface area contributed by atoms with E-state index in [0.29, 0.717) is 23.0 Å². The van der Waals surface area contributed by atoms with Gasteiger partial charge in [-0.3, -0.25) is 4.79 Å². The molecule has 3 nitrogen and oxygen atoms in total. The lowest BCUT2D eigenvalue weighted by atomic mass is 9.92. The normalized spacial score (nSPS) is 10.8. The molecule has 0 heterocycles. The second-order valence-corrected chi connectivity index (χ2v) is 7.78. The van der Waals surface area contributed by atoms with Crippen molar-refractivity contribution >= 4 is 11.6 Å². The maximum atomic E-state index is 13.4. The molecule has 0 aromatic heterocycles. The van der Waals surface area contributed by atoms with Gasteiger partial charge in [0.2, 0.25) is 0 Å². The summed E-state index contributed by atoms with van der Waals surface area (Å²) in [7, 11) is 0. The van der Waals surface area contributed by atoms with Gasteiger partial charge in [-0.15, -0.1) is 0 Å². The summed E-state index contributed by atoms with van der Waals surface area (Å²) in [4.78, 5) is 13.4.